The van der Waals surface area contributed by atoms with Crippen molar-refractivity contribution < 1.29 is 8.42 Å². The zero-order valence-electron chi connectivity index (χ0n) is 9.37. The third kappa shape index (κ3) is 2.34. The highest BCUT2D eigenvalue weighted by atomic mass is 79.9. The highest BCUT2D eigenvalue weighted by molar-refractivity contribution is 9.11. The van der Waals surface area contributed by atoms with E-state index < -0.39 is 10.0 Å². The zero-order valence-corrected chi connectivity index (χ0v) is 12.6. The molecule has 0 aromatic carbocycles. The molecule has 0 saturated heterocycles. The summed E-state index contributed by atoms with van der Waals surface area (Å²) in [6, 6.07) is 1.74. The molecule has 1 N–H and O–H groups in total. The van der Waals surface area contributed by atoms with Gasteiger partial charge in [0, 0.05) is 10.9 Å². The van der Waals surface area contributed by atoms with Crippen molar-refractivity contribution in [1.82, 2.24) is 4.72 Å². The Bertz CT molecular complexity index is 519. The quantitative estimate of drug-likeness (QED) is 0.929. The van der Waals surface area contributed by atoms with E-state index in [1.165, 1.54) is 11.3 Å². The van der Waals surface area contributed by atoms with E-state index in [-0.39, 0.29) is 11.5 Å². The fraction of sp³-hybridized carbons (Fsp3) is 0.600. The summed E-state index contributed by atoms with van der Waals surface area (Å²) >= 11 is 4.75. The second-order valence-corrected chi connectivity index (χ2v) is 9.16. The number of nitrogens with one attached hydrogen (secondary N) is 1. The van der Waals surface area contributed by atoms with Gasteiger partial charge in [0.25, 0.3) is 0 Å². The van der Waals surface area contributed by atoms with Crippen LogP contribution in [0.1, 0.15) is 25.1 Å². The van der Waals surface area contributed by atoms with E-state index >= 15 is 0 Å². The summed E-state index contributed by atoms with van der Waals surface area (Å²) in [4.78, 5) is 1.21. The first-order valence-corrected chi connectivity index (χ1v) is 8.10. The van der Waals surface area contributed by atoms with Gasteiger partial charge in [-0.1, -0.05) is 13.8 Å². The topological polar surface area (TPSA) is 46.2 Å². The number of hydrogen-bond donors (Lipinski definition) is 1. The van der Waals surface area contributed by atoms with Crippen LogP contribution in [0.3, 0.4) is 0 Å². The third-order valence-corrected chi connectivity index (χ3v) is 6.22. The standard InChI is InChI=1S/C10H14BrNO2S2/c1-6-7(4-9(11)15-6)16(13,14)12-8-5-10(8,2)3/h4,8,12H,5H2,1-3H3. The first kappa shape index (κ1) is 12.5. The molecule has 90 valence electrons. The van der Waals surface area contributed by atoms with Gasteiger partial charge in [-0.05, 0) is 40.8 Å². The Morgan fingerprint density at radius 2 is 2.12 bits per heavy atom. The van der Waals surface area contributed by atoms with E-state index in [1.807, 2.05) is 6.92 Å². The average molecular weight is 324 g/mol. The normalized spacial score (nSPS) is 23.4. The zero-order chi connectivity index (χ0) is 12.1. The predicted molar refractivity (Wildman–Crippen MR) is 69.3 cm³/mol. The van der Waals surface area contributed by atoms with Gasteiger partial charge in [0.1, 0.15) is 0 Å². The van der Waals surface area contributed by atoms with Crippen LogP contribution in [-0.4, -0.2) is 14.5 Å². The number of sulfonamides is 1. The Labute approximate surface area is 108 Å². The molecular formula is C10H14BrNO2S2. The molecule has 3 nitrogen and oxygen atoms in total. The molecule has 1 fully saturated rings. The van der Waals surface area contributed by atoms with Crippen LogP contribution in [0, 0.1) is 12.3 Å². The molecule has 0 spiro atoms. The van der Waals surface area contributed by atoms with Gasteiger partial charge in [0.2, 0.25) is 10.0 Å². The second-order valence-electron chi connectivity index (χ2n) is 4.84. The molecule has 1 saturated carbocycles. The third-order valence-electron chi connectivity index (χ3n) is 2.94. The molecule has 0 radical (unpaired) electrons. The average Bonchev–Trinajstić information content (AvgIpc) is 2.53. The van der Waals surface area contributed by atoms with Crippen LogP contribution < -0.4 is 4.72 Å². The Morgan fingerprint density at radius 1 is 1.56 bits per heavy atom. The molecule has 1 aromatic rings. The van der Waals surface area contributed by atoms with Crippen LogP contribution in [0.5, 0.6) is 0 Å². The Hall–Kier alpha value is 0.0900. The van der Waals surface area contributed by atoms with Crippen molar-refractivity contribution in [2.24, 2.45) is 5.41 Å². The van der Waals surface area contributed by atoms with Gasteiger partial charge in [0.15, 0.2) is 0 Å². The smallest absolute Gasteiger partial charge is 0.207 e. The number of rotatable bonds is 3. The lowest BCUT2D eigenvalue weighted by molar-refractivity contribution is 0.555. The van der Waals surface area contributed by atoms with Crippen LogP contribution >= 0.6 is 27.3 Å². The first-order chi connectivity index (χ1) is 7.22. The Kier molecular flexibility index (Phi) is 2.98. The van der Waals surface area contributed by atoms with Crippen LogP contribution in [-0.2, 0) is 10.0 Å². The van der Waals surface area contributed by atoms with Crippen LogP contribution in [0.15, 0.2) is 14.7 Å². The molecule has 1 aromatic heterocycles. The number of aryl methyl sites for hydroxylation is 1. The summed E-state index contributed by atoms with van der Waals surface area (Å²) in [6.45, 7) is 5.95. The van der Waals surface area contributed by atoms with Gasteiger partial charge in [-0.25, -0.2) is 13.1 Å². The van der Waals surface area contributed by atoms with E-state index in [0.29, 0.717) is 4.90 Å². The maximum atomic E-state index is 12.1. The molecule has 1 unspecified atom stereocenters. The summed E-state index contributed by atoms with van der Waals surface area (Å²) in [5.41, 5.74) is 0.105. The summed E-state index contributed by atoms with van der Waals surface area (Å²) in [7, 11) is -3.35. The summed E-state index contributed by atoms with van der Waals surface area (Å²) in [5, 5.41) is 0. The monoisotopic (exact) mass is 323 g/mol. The largest absolute Gasteiger partial charge is 0.241 e. The molecule has 16 heavy (non-hydrogen) atoms. The molecule has 0 bridgehead atoms. The minimum absolute atomic E-state index is 0.0792. The van der Waals surface area contributed by atoms with Crippen molar-refractivity contribution in [2.45, 2.75) is 38.1 Å². The fourth-order valence-corrected chi connectivity index (χ4v) is 5.44. The van der Waals surface area contributed by atoms with Gasteiger partial charge < -0.3 is 0 Å². The van der Waals surface area contributed by atoms with Crippen molar-refractivity contribution in [3.63, 3.8) is 0 Å². The molecule has 0 aliphatic heterocycles. The van der Waals surface area contributed by atoms with Gasteiger partial charge in [-0.2, -0.15) is 0 Å². The van der Waals surface area contributed by atoms with Crippen LogP contribution in [0.25, 0.3) is 0 Å². The van der Waals surface area contributed by atoms with E-state index in [4.69, 9.17) is 0 Å². The van der Waals surface area contributed by atoms with E-state index in [2.05, 4.69) is 34.5 Å². The van der Waals surface area contributed by atoms with Crippen molar-refractivity contribution in [3.8, 4) is 0 Å². The maximum absolute atomic E-state index is 12.1. The van der Waals surface area contributed by atoms with Gasteiger partial charge in [-0.15, -0.1) is 11.3 Å². The van der Waals surface area contributed by atoms with Crippen molar-refractivity contribution in [2.75, 3.05) is 0 Å². The number of hydrogen-bond acceptors (Lipinski definition) is 3. The van der Waals surface area contributed by atoms with E-state index in [0.717, 1.165) is 15.1 Å². The lowest BCUT2D eigenvalue weighted by Crippen LogP contribution is -2.28. The highest BCUT2D eigenvalue weighted by Crippen LogP contribution is 2.45. The highest BCUT2D eigenvalue weighted by Gasteiger charge is 2.48. The lowest BCUT2D eigenvalue weighted by Gasteiger charge is -2.07. The molecule has 2 rings (SSSR count). The molecule has 6 heteroatoms. The number of halogens is 1. The van der Waals surface area contributed by atoms with Crippen LogP contribution in [0.4, 0.5) is 0 Å². The first-order valence-electron chi connectivity index (χ1n) is 5.01. The summed E-state index contributed by atoms with van der Waals surface area (Å²) in [5.74, 6) is 0. The predicted octanol–water partition coefficient (Wildman–Crippen LogP) is 2.90. The van der Waals surface area contributed by atoms with E-state index in [1.54, 1.807) is 6.07 Å². The minimum Gasteiger partial charge on any atom is -0.207 e. The maximum Gasteiger partial charge on any atom is 0.241 e. The fourth-order valence-electron chi connectivity index (χ4n) is 1.62. The molecule has 1 aliphatic carbocycles. The Morgan fingerprint density at radius 3 is 2.50 bits per heavy atom. The summed E-state index contributed by atoms with van der Waals surface area (Å²) < 4.78 is 27.8. The summed E-state index contributed by atoms with van der Waals surface area (Å²) in [6.07, 6.45) is 0.913. The van der Waals surface area contributed by atoms with Crippen molar-refractivity contribution in [3.05, 3.63) is 14.7 Å². The molecule has 1 aliphatic rings. The van der Waals surface area contributed by atoms with Crippen molar-refractivity contribution >= 4 is 37.3 Å². The molecular weight excluding hydrogens is 310 g/mol. The molecule has 0 amide bonds. The van der Waals surface area contributed by atoms with Gasteiger partial charge in [0.05, 0.1) is 8.68 Å². The van der Waals surface area contributed by atoms with Crippen molar-refractivity contribution in [1.29, 1.82) is 0 Å². The van der Waals surface area contributed by atoms with Crippen LogP contribution in [0.2, 0.25) is 0 Å². The molecule has 1 heterocycles. The second kappa shape index (κ2) is 3.80. The SMILES string of the molecule is Cc1sc(Br)cc1S(=O)(=O)NC1CC1(C)C. The number of thiophene rings is 1. The molecule has 1 atom stereocenters. The van der Waals surface area contributed by atoms with Gasteiger partial charge >= 0.3 is 0 Å². The van der Waals surface area contributed by atoms with E-state index in [9.17, 15) is 8.42 Å². The lowest BCUT2D eigenvalue weighted by atomic mass is 10.2. The van der Waals surface area contributed by atoms with Gasteiger partial charge in [-0.3, -0.25) is 0 Å². The Balaban J connectivity index is 2.23. The minimum atomic E-state index is -3.35.